The lowest BCUT2D eigenvalue weighted by Crippen LogP contribution is -2.37. The van der Waals surface area contributed by atoms with Gasteiger partial charge in [0.1, 0.15) is 5.82 Å². The number of carbonyl (C=O) groups excluding carboxylic acids is 3. The number of carbonyl (C=O) groups is 3. The van der Waals surface area contributed by atoms with Gasteiger partial charge in [-0.15, -0.1) is 0 Å². The molecule has 2 N–H and O–H groups in total. The monoisotopic (exact) mass is 307 g/mol. The molecule has 6 nitrogen and oxygen atoms in total. The van der Waals surface area contributed by atoms with E-state index in [9.17, 15) is 18.8 Å². The molecule has 1 aromatic rings. The molecule has 1 aliphatic heterocycles. The van der Waals surface area contributed by atoms with E-state index in [1.54, 1.807) is 11.0 Å². The number of halogens is 1. The van der Waals surface area contributed by atoms with E-state index in [-0.39, 0.29) is 18.1 Å². The van der Waals surface area contributed by atoms with Crippen LogP contribution < -0.4 is 10.6 Å². The smallest absolute Gasteiger partial charge is 0.313 e. The molecule has 1 heterocycles. The van der Waals surface area contributed by atoms with Crippen molar-refractivity contribution >= 4 is 23.4 Å². The van der Waals surface area contributed by atoms with Crippen LogP contribution in [0.4, 0.5) is 10.1 Å². The quantitative estimate of drug-likeness (QED) is 0.626. The molecule has 7 heteroatoms. The molecule has 0 bridgehead atoms. The Balaban J connectivity index is 1.69. The van der Waals surface area contributed by atoms with Gasteiger partial charge in [0.2, 0.25) is 5.91 Å². The standard InChI is InChI=1S/C15H18FN3O3/c16-11-5-1-2-6-12(11)18-15(22)14(21)17-8-4-10-19-9-3-7-13(19)20/h1-2,5-6H,3-4,7-10H2,(H,17,21)(H,18,22). The van der Waals surface area contributed by atoms with Crippen molar-refractivity contribution in [3.05, 3.63) is 30.1 Å². The van der Waals surface area contributed by atoms with Gasteiger partial charge in [0.05, 0.1) is 5.69 Å². The molecule has 3 amide bonds. The summed E-state index contributed by atoms with van der Waals surface area (Å²) < 4.78 is 13.3. The summed E-state index contributed by atoms with van der Waals surface area (Å²) in [6.07, 6.45) is 2.03. The first-order valence-electron chi connectivity index (χ1n) is 7.19. The molecule has 1 aliphatic rings. The number of amides is 3. The van der Waals surface area contributed by atoms with E-state index in [4.69, 9.17) is 0 Å². The zero-order valence-electron chi connectivity index (χ0n) is 12.1. The highest BCUT2D eigenvalue weighted by Crippen LogP contribution is 2.12. The van der Waals surface area contributed by atoms with Crippen LogP contribution in [0.5, 0.6) is 0 Å². The molecular formula is C15H18FN3O3. The highest BCUT2D eigenvalue weighted by Gasteiger charge is 2.19. The lowest BCUT2D eigenvalue weighted by atomic mass is 10.3. The number of benzene rings is 1. The molecule has 0 aromatic heterocycles. The second kappa shape index (κ2) is 7.53. The fraction of sp³-hybridized carbons (Fsp3) is 0.400. The molecule has 118 valence electrons. The fourth-order valence-electron chi connectivity index (χ4n) is 2.23. The van der Waals surface area contributed by atoms with Gasteiger partial charge >= 0.3 is 11.8 Å². The first-order valence-corrected chi connectivity index (χ1v) is 7.19. The van der Waals surface area contributed by atoms with Crippen LogP contribution in [0.2, 0.25) is 0 Å². The molecule has 0 atom stereocenters. The Kier molecular flexibility index (Phi) is 5.46. The number of rotatable bonds is 5. The third kappa shape index (κ3) is 4.28. The Labute approximate surface area is 127 Å². The van der Waals surface area contributed by atoms with Crippen molar-refractivity contribution in [2.24, 2.45) is 0 Å². The molecule has 1 aromatic carbocycles. The van der Waals surface area contributed by atoms with Gasteiger partial charge in [-0.05, 0) is 25.0 Å². The molecule has 0 saturated carbocycles. The minimum Gasteiger partial charge on any atom is -0.348 e. The summed E-state index contributed by atoms with van der Waals surface area (Å²) in [7, 11) is 0. The lowest BCUT2D eigenvalue weighted by Gasteiger charge is -2.15. The van der Waals surface area contributed by atoms with Crippen LogP contribution in [0.1, 0.15) is 19.3 Å². The maximum atomic E-state index is 13.3. The summed E-state index contributed by atoms with van der Waals surface area (Å²) in [5.74, 6) is -2.21. The number of hydrogen-bond acceptors (Lipinski definition) is 3. The van der Waals surface area contributed by atoms with Gasteiger partial charge in [0, 0.05) is 26.1 Å². The van der Waals surface area contributed by atoms with E-state index in [1.165, 1.54) is 18.2 Å². The maximum Gasteiger partial charge on any atom is 0.313 e. The third-order valence-electron chi connectivity index (χ3n) is 3.39. The highest BCUT2D eigenvalue weighted by atomic mass is 19.1. The predicted molar refractivity (Wildman–Crippen MR) is 78.5 cm³/mol. The summed E-state index contributed by atoms with van der Waals surface area (Å²) in [6.45, 7) is 1.60. The van der Waals surface area contributed by atoms with Gasteiger partial charge < -0.3 is 15.5 Å². The maximum absolute atomic E-state index is 13.3. The molecule has 0 aliphatic carbocycles. The van der Waals surface area contributed by atoms with Gasteiger partial charge in [-0.25, -0.2) is 4.39 Å². The van der Waals surface area contributed by atoms with Crippen LogP contribution in [-0.4, -0.2) is 42.3 Å². The van der Waals surface area contributed by atoms with E-state index in [0.29, 0.717) is 19.4 Å². The summed E-state index contributed by atoms with van der Waals surface area (Å²) >= 11 is 0. The van der Waals surface area contributed by atoms with E-state index in [0.717, 1.165) is 13.0 Å². The second-order valence-corrected chi connectivity index (χ2v) is 5.03. The number of para-hydroxylation sites is 1. The van der Waals surface area contributed by atoms with Gasteiger partial charge in [-0.3, -0.25) is 14.4 Å². The van der Waals surface area contributed by atoms with Crippen LogP contribution in [-0.2, 0) is 14.4 Å². The Morgan fingerprint density at radius 1 is 1.23 bits per heavy atom. The van der Waals surface area contributed by atoms with Crippen molar-refractivity contribution in [3.63, 3.8) is 0 Å². The van der Waals surface area contributed by atoms with Gasteiger partial charge in [0.15, 0.2) is 0 Å². The summed E-state index contributed by atoms with van der Waals surface area (Å²) in [4.78, 5) is 36.3. The number of hydrogen-bond donors (Lipinski definition) is 2. The summed E-state index contributed by atoms with van der Waals surface area (Å²) in [5.41, 5.74) is -0.0367. The molecule has 1 saturated heterocycles. The van der Waals surface area contributed by atoms with E-state index < -0.39 is 17.6 Å². The summed E-state index contributed by atoms with van der Waals surface area (Å²) in [6, 6.07) is 5.62. The zero-order chi connectivity index (χ0) is 15.9. The molecule has 22 heavy (non-hydrogen) atoms. The average molecular weight is 307 g/mol. The van der Waals surface area contributed by atoms with Crippen LogP contribution in [0.3, 0.4) is 0 Å². The second-order valence-electron chi connectivity index (χ2n) is 5.03. The highest BCUT2D eigenvalue weighted by molar-refractivity contribution is 6.39. The topological polar surface area (TPSA) is 78.5 Å². The molecule has 0 radical (unpaired) electrons. The van der Waals surface area contributed by atoms with Crippen LogP contribution >= 0.6 is 0 Å². The molecule has 2 rings (SSSR count). The largest absolute Gasteiger partial charge is 0.348 e. The lowest BCUT2D eigenvalue weighted by molar-refractivity contribution is -0.136. The van der Waals surface area contributed by atoms with E-state index in [2.05, 4.69) is 10.6 Å². The number of nitrogens with zero attached hydrogens (tertiary/aromatic N) is 1. The Morgan fingerprint density at radius 2 is 2.00 bits per heavy atom. The predicted octanol–water partition coefficient (Wildman–Crippen LogP) is 0.893. The SMILES string of the molecule is O=C(NCCCN1CCCC1=O)C(=O)Nc1ccccc1F. The number of anilines is 1. The normalized spacial score (nSPS) is 14.0. The first kappa shape index (κ1) is 15.9. The molecular weight excluding hydrogens is 289 g/mol. The average Bonchev–Trinajstić information content (AvgIpc) is 2.91. The van der Waals surface area contributed by atoms with Crippen LogP contribution in [0.25, 0.3) is 0 Å². The van der Waals surface area contributed by atoms with Crippen molar-refractivity contribution in [2.75, 3.05) is 25.0 Å². The van der Waals surface area contributed by atoms with Crippen molar-refractivity contribution in [3.8, 4) is 0 Å². The Bertz CT molecular complexity index is 577. The molecule has 0 spiro atoms. The van der Waals surface area contributed by atoms with Crippen molar-refractivity contribution in [1.29, 1.82) is 0 Å². The fourth-order valence-corrected chi connectivity index (χ4v) is 2.23. The minimum absolute atomic E-state index is 0.0367. The van der Waals surface area contributed by atoms with Gasteiger partial charge in [0.25, 0.3) is 0 Å². The molecule has 0 unspecified atom stereocenters. The van der Waals surface area contributed by atoms with Gasteiger partial charge in [-0.2, -0.15) is 0 Å². The molecule has 1 fully saturated rings. The van der Waals surface area contributed by atoms with E-state index in [1.807, 2.05) is 0 Å². The third-order valence-corrected chi connectivity index (χ3v) is 3.39. The van der Waals surface area contributed by atoms with Crippen molar-refractivity contribution < 1.29 is 18.8 Å². The zero-order valence-corrected chi connectivity index (χ0v) is 12.1. The van der Waals surface area contributed by atoms with Crippen molar-refractivity contribution in [2.45, 2.75) is 19.3 Å². The first-order chi connectivity index (χ1) is 10.6. The minimum atomic E-state index is -0.914. The van der Waals surface area contributed by atoms with Gasteiger partial charge in [-0.1, -0.05) is 12.1 Å². The summed E-state index contributed by atoms with van der Waals surface area (Å²) in [5, 5.41) is 4.66. The van der Waals surface area contributed by atoms with Crippen molar-refractivity contribution in [1.82, 2.24) is 10.2 Å². The Morgan fingerprint density at radius 3 is 2.68 bits per heavy atom. The number of nitrogens with one attached hydrogen (secondary N) is 2. The van der Waals surface area contributed by atoms with E-state index >= 15 is 0 Å². The number of likely N-dealkylation sites (tertiary alicyclic amines) is 1. The Hall–Kier alpha value is -2.44. The van der Waals surface area contributed by atoms with Crippen LogP contribution in [0.15, 0.2) is 24.3 Å². The van der Waals surface area contributed by atoms with Crippen LogP contribution in [0, 0.1) is 5.82 Å².